The number of thioether (sulfide) groups is 1. The molecule has 0 spiro atoms. The molecule has 8 nitrogen and oxygen atoms in total. The first kappa shape index (κ1) is 32.3. The van der Waals surface area contributed by atoms with Gasteiger partial charge in [0, 0.05) is 37.0 Å². The van der Waals surface area contributed by atoms with Crippen LogP contribution in [0.15, 0.2) is 84.0 Å². The minimum absolute atomic E-state index is 0.133. The van der Waals surface area contributed by atoms with Crippen LogP contribution in [0, 0.1) is 0 Å². The summed E-state index contributed by atoms with van der Waals surface area (Å²) in [4.78, 5) is 37.1. The van der Waals surface area contributed by atoms with Crippen LogP contribution in [0.25, 0.3) is 0 Å². The number of ketones is 1. The Labute approximate surface area is 273 Å². The zero-order valence-corrected chi connectivity index (χ0v) is 27.3. The van der Waals surface area contributed by atoms with Crippen molar-refractivity contribution < 1.29 is 19.1 Å². The van der Waals surface area contributed by atoms with E-state index in [2.05, 4.69) is 15.2 Å². The van der Waals surface area contributed by atoms with Gasteiger partial charge in [0.15, 0.2) is 16.7 Å². The number of ether oxygens (including phenoxy) is 2. The second-order valence-corrected chi connectivity index (χ2v) is 12.3. The van der Waals surface area contributed by atoms with E-state index in [1.54, 1.807) is 33.3 Å². The number of carbonyl (C=O) groups is 2. The third kappa shape index (κ3) is 7.78. The van der Waals surface area contributed by atoms with Gasteiger partial charge in [-0.05, 0) is 67.1 Å². The van der Waals surface area contributed by atoms with E-state index in [0.29, 0.717) is 72.0 Å². The Hall–Kier alpha value is -4.08. The molecule has 10 heteroatoms. The molecule has 4 aromatic rings. The molecule has 1 N–H and O–H groups in total. The summed E-state index contributed by atoms with van der Waals surface area (Å²) in [6.45, 7) is 3.56. The highest BCUT2D eigenvalue weighted by molar-refractivity contribution is 7.98. The molecule has 1 aromatic heterocycles. The lowest BCUT2D eigenvalue weighted by Gasteiger charge is -2.41. The molecule has 2 heterocycles. The molecule has 1 aliphatic heterocycles. The zero-order chi connectivity index (χ0) is 31.8. The predicted molar refractivity (Wildman–Crippen MR) is 179 cm³/mol. The van der Waals surface area contributed by atoms with Crippen LogP contribution in [-0.4, -0.2) is 55.5 Å². The van der Waals surface area contributed by atoms with Gasteiger partial charge in [-0.3, -0.25) is 9.59 Å². The van der Waals surface area contributed by atoms with Crippen molar-refractivity contribution in [1.82, 2.24) is 15.3 Å². The molecule has 3 aromatic carbocycles. The third-order valence-corrected chi connectivity index (χ3v) is 9.42. The van der Waals surface area contributed by atoms with Crippen LogP contribution in [0.5, 0.6) is 11.5 Å². The van der Waals surface area contributed by atoms with E-state index in [4.69, 9.17) is 26.1 Å². The number of nitrogens with zero attached hydrogens (tertiary/aromatic N) is 3. The number of carbonyl (C=O) groups excluding carboxylic acids is 2. The number of nitrogens with one attached hydrogen (secondary N) is 1. The minimum Gasteiger partial charge on any atom is -0.493 e. The van der Waals surface area contributed by atoms with Gasteiger partial charge < -0.3 is 19.7 Å². The van der Waals surface area contributed by atoms with Gasteiger partial charge in [-0.15, -0.1) is 0 Å². The van der Waals surface area contributed by atoms with Crippen LogP contribution in [-0.2, 0) is 22.4 Å². The lowest BCUT2D eigenvalue weighted by Crippen LogP contribution is -2.47. The van der Waals surface area contributed by atoms with Gasteiger partial charge in [0.05, 0.1) is 19.6 Å². The molecule has 0 unspecified atom stereocenters. The predicted octanol–water partition coefficient (Wildman–Crippen LogP) is 6.54. The minimum atomic E-state index is -0.479. The fourth-order valence-electron chi connectivity index (χ4n) is 5.74. The maximum absolute atomic E-state index is 12.9. The summed E-state index contributed by atoms with van der Waals surface area (Å²) in [5.74, 6) is 2.73. The maximum Gasteiger partial charge on any atom is 0.251 e. The molecule has 234 valence electrons. The quantitative estimate of drug-likeness (QED) is 0.106. The second kappa shape index (κ2) is 14.8. The summed E-state index contributed by atoms with van der Waals surface area (Å²) in [5, 5.41) is 3.94. The molecule has 1 fully saturated rings. The van der Waals surface area contributed by atoms with Gasteiger partial charge in [-0.25, -0.2) is 9.97 Å². The molecule has 45 heavy (non-hydrogen) atoms. The number of piperidine rings is 1. The standard InChI is InChI=1S/C35H37ClN4O4S/c1-24(41)35(28-10-5-4-6-11-28)15-18-40(19-16-35)32-22-31(36)38-34(39-32)45-23-26-8-7-9-27(20-26)33(42)37-17-14-25-12-13-29(43-2)30(21-25)44-3/h4-13,20-22H,14-19,23H2,1-3H3,(H,37,42). The van der Waals surface area contributed by atoms with Crippen molar-refractivity contribution in [2.45, 2.75) is 42.5 Å². The van der Waals surface area contributed by atoms with E-state index < -0.39 is 5.41 Å². The van der Waals surface area contributed by atoms with E-state index in [0.717, 1.165) is 22.5 Å². The van der Waals surface area contributed by atoms with E-state index >= 15 is 0 Å². The fourth-order valence-corrected chi connectivity index (χ4v) is 6.76. The molecule has 5 rings (SSSR count). The largest absolute Gasteiger partial charge is 0.493 e. The van der Waals surface area contributed by atoms with Crippen LogP contribution < -0.4 is 19.7 Å². The Bertz CT molecular complexity index is 1640. The summed E-state index contributed by atoms with van der Waals surface area (Å²) in [6, 6.07) is 25.1. The van der Waals surface area contributed by atoms with Crippen molar-refractivity contribution in [1.29, 1.82) is 0 Å². The van der Waals surface area contributed by atoms with Crippen molar-refractivity contribution in [2.75, 3.05) is 38.8 Å². The molecule has 1 saturated heterocycles. The van der Waals surface area contributed by atoms with Crippen molar-refractivity contribution >= 4 is 40.9 Å². The number of benzene rings is 3. The monoisotopic (exact) mass is 644 g/mol. The number of anilines is 1. The van der Waals surface area contributed by atoms with Gasteiger partial charge in [0.2, 0.25) is 0 Å². The normalized spacial score (nSPS) is 14.1. The zero-order valence-electron chi connectivity index (χ0n) is 25.7. The van der Waals surface area contributed by atoms with Crippen molar-refractivity contribution in [3.63, 3.8) is 0 Å². The van der Waals surface area contributed by atoms with Gasteiger partial charge in [0.25, 0.3) is 5.91 Å². The third-order valence-electron chi connectivity index (χ3n) is 8.31. The van der Waals surface area contributed by atoms with Crippen molar-refractivity contribution in [3.8, 4) is 11.5 Å². The SMILES string of the molecule is COc1ccc(CCNC(=O)c2cccc(CSc3nc(Cl)cc(N4CCC(C(C)=O)(c5ccccc5)CC4)n3)c2)cc1OC. The highest BCUT2D eigenvalue weighted by atomic mass is 35.5. The summed E-state index contributed by atoms with van der Waals surface area (Å²) in [7, 11) is 3.21. The number of hydrogen-bond donors (Lipinski definition) is 1. The highest BCUT2D eigenvalue weighted by Crippen LogP contribution is 2.38. The lowest BCUT2D eigenvalue weighted by atomic mass is 9.70. The molecule has 1 amide bonds. The lowest BCUT2D eigenvalue weighted by molar-refractivity contribution is -0.123. The smallest absolute Gasteiger partial charge is 0.251 e. The average molecular weight is 645 g/mol. The molecule has 1 aliphatic rings. The molecule has 0 bridgehead atoms. The fraction of sp³-hybridized carbons (Fsp3) is 0.314. The van der Waals surface area contributed by atoms with E-state index in [-0.39, 0.29) is 11.7 Å². The average Bonchev–Trinajstić information content (AvgIpc) is 3.07. The molecule has 0 saturated carbocycles. The second-order valence-electron chi connectivity index (χ2n) is 11.0. The van der Waals surface area contributed by atoms with Gasteiger partial charge >= 0.3 is 0 Å². The first-order valence-corrected chi connectivity index (χ1v) is 16.2. The Kier molecular flexibility index (Phi) is 10.6. The van der Waals surface area contributed by atoms with Crippen LogP contribution in [0.4, 0.5) is 5.82 Å². The van der Waals surface area contributed by atoms with Crippen LogP contribution in [0.1, 0.15) is 46.8 Å². The summed E-state index contributed by atoms with van der Waals surface area (Å²) in [5.41, 5.74) is 3.20. The summed E-state index contributed by atoms with van der Waals surface area (Å²) >= 11 is 7.90. The Morgan fingerprint density at radius 3 is 2.38 bits per heavy atom. The van der Waals surface area contributed by atoms with Crippen molar-refractivity contribution in [2.24, 2.45) is 0 Å². The maximum atomic E-state index is 12.9. The van der Waals surface area contributed by atoms with Gasteiger partial charge in [0.1, 0.15) is 16.8 Å². The number of halogens is 1. The summed E-state index contributed by atoms with van der Waals surface area (Å²) in [6.07, 6.45) is 2.08. The molecular weight excluding hydrogens is 608 g/mol. The molecule has 0 atom stereocenters. The Morgan fingerprint density at radius 2 is 1.67 bits per heavy atom. The number of methoxy groups -OCH3 is 2. The van der Waals surface area contributed by atoms with E-state index in [1.807, 2.05) is 66.7 Å². The Morgan fingerprint density at radius 1 is 0.911 bits per heavy atom. The molecule has 0 radical (unpaired) electrons. The number of rotatable bonds is 12. The highest BCUT2D eigenvalue weighted by Gasteiger charge is 2.40. The van der Waals surface area contributed by atoms with E-state index in [1.165, 1.54) is 11.8 Å². The topological polar surface area (TPSA) is 93.7 Å². The van der Waals surface area contributed by atoms with E-state index in [9.17, 15) is 9.59 Å². The summed E-state index contributed by atoms with van der Waals surface area (Å²) < 4.78 is 10.7. The first-order chi connectivity index (χ1) is 21.8. The van der Waals surface area contributed by atoms with Crippen molar-refractivity contribution in [3.05, 3.63) is 106 Å². The number of hydrogen-bond acceptors (Lipinski definition) is 8. The Balaban J connectivity index is 1.17. The number of amides is 1. The molecule has 0 aliphatic carbocycles. The number of aromatic nitrogens is 2. The molecular formula is C35H37ClN4O4S. The van der Waals surface area contributed by atoms with Crippen LogP contribution in [0.2, 0.25) is 5.15 Å². The van der Waals surface area contributed by atoms with Crippen LogP contribution in [0.3, 0.4) is 0 Å². The first-order valence-electron chi connectivity index (χ1n) is 14.9. The van der Waals surface area contributed by atoms with Gasteiger partial charge in [-0.1, -0.05) is 71.9 Å². The number of Topliss-reactive ketones (excluding diaryl/α,β-unsaturated/α-hetero) is 1. The van der Waals surface area contributed by atoms with Crippen LogP contribution >= 0.6 is 23.4 Å². The van der Waals surface area contributed by atoms with Gasteiger partial charge in [-0.2, -0.15) is 0 Å².